The molecular formula is C116H106N24. The van der Waals surface area contributed by atoms with Gasteiger partial charge in [-0.2, -0.15) is 0 Å². The molecule has 690 valence electrons. The Hall–Kier alpha value is -15.7. The Labute approximate surface area is 807 Å². The molecule has 0 atom stereocenters. The second-order valence-corrected chi connectivity index (χ2v) is 46.8. The third-order valence-electron chi connectivity index (χ3n) is 28.7. The van der Waals surface area contributed by atoms with Crippen molar-refractivity contribution in [3.63, 3.8) is 0 Å². The maximum absolute atomic E-state index is 5.90. The van der Waals surface area contributed by atoms with Crippen LogP contribution in [0, 0.1) is 0 Å². The number of aromatic nitrogens is 24. The number of nitrogens with zero attached hydrogens (tertiary/aromatic N) is 18. The number of benzene rings is 10. The molecule has 0 aliphatic carbocycles. The second kappa shape index (κ2) is 29.0. The molecule has 0 fully saturated rings. The fraction of sp³-hybridized carbons (Fsp3) is 0.276. The van der Waals surface area contributed by atoms with Crippen LogP contribution in [0.5, 0.6) is 0 Å². The van der Waals surface area contributed by atoms with E-state index >= 15 is 0 Å². The molecule has 24 nitrogen and oxygen atoms in total. The summed E-state index contributed by atoms with van der Waals surface area (Å²) >= 11 is 0. The van der Waals surface area contributed by atoms with Gasteiger partial charge in [-0.05, 0) is 161 Å². The molecule has 9 aromatic heterocycles. The highest BCUT2D eigenvalue weighted by atomic mass is 15.1. The van der Waals surface area contributed by atoms with Crippen LogP contribution in [0.2, 0.25) is 0 Å². The second-order valence-electron chi connectivity index (χ2n) is 46.8. The van der Waals surface area contributed by atoms with Crippen molar-refractivity contribution in [2.75, 3.05) is 0 Å². The molecule has 6 aliphatic rings. The van der Waals surface area contributed by atoms with Crippen LogP contribution in [0.4, 0.5) is 0 Å². The van der Waals surface area contributed by atoms with Crippen molar-refractivity contribution in [2.24, 2.45) is 0 Å². The predicted molar refractivity (Wildman–Crippen MR) is 565 cm³/mol. The average molecular weight is 1840 g/mol. The normalized spacial score (nSPS) is 13.4. The van der Waals surface area contributed by atoms with Gasteiger partial charge in [-0.3, -0.25) is 0 Å². The molecule has 0 unspecified atom stereocenters. The lowest BCUT2D eigenvalue weighted by Crippen LogP contribution is -2.10. The molecule has 0 spiro atoms. The van der Waals surface area contributed by atoms with Gasteiger partial charge in [0.25, 0.3) is 0 Å². The summed E-state index contributed by atoms with van der Waals surface area (Å²) in [7, 11) is 0. The highest BCUT2D eigenvalue weighted by molar-refractivity contribution is 6.19. The van der Waals surface area contributed by atoms with Crippen LogP contribution in [-0.4, -0.2) is 120 Å². The molecule has 6 aliphatic heterocycles. The zero-order valence-electron chi connectivity index (χ0n) is 83.2. The standard InChI is InChI=1S/C116H106N24/c1-109(2,3)53-25-33-61-69(41-53)93-117-85(61)119-95-71-43-55(111(7,8)9)27-35-63(71)90(124-95)130-101-77-49-78-82(51-80(77)104(136-101)133-98-74-46-58(114(16,17)18)30-38-66(74)87(121-93)127-98)107-138-103(78)132-92-65-37-29-57(113(13,14)15)45-73(65)97(126-92)123-89-68-40-32-60(116(22,23)24)48-76(68)100(129-89)135-106-83-52-81-79(50-84(83)108(139-106)140-107)102-131-91-64-36-28-56(112(10,11)12)44-72(64)96(125-91)120-86-62-34-26-54(110(4,5)6)42-70(62)94(118-86)122-88-67-39-31-59(115(19,20)21)47-75(67)99(128-88)134-105(81)137-102/h25-52H,1-24H3,(H2,117,119,121,124,127,130,133,136)(H2,118,120,122,125,128,131,134,137)(H2,123,126,129,132,135,138,139,140). The van der Waals surface area contributed by atoms with Gasteiger partial charge in [-0.25, -0.2) is 89.7 Å². The summed E-state index contributed by atoms with van der Waals surface area (Å²) in [4.78, 5) is 124. The first-order valence-electron chi connectivity index (χ1n) is 48.3. The van der Waals surface area contributed by atoms with Crippen molar-refractivity contribution in [1.29, 1.82) is 0 Å². The van der Waals surface area contributed by atoms with Crippen LogP contribution in [0.3, 0.4) is 0 Å². The number of rotatable bonds is 0. The Kier molecular flexibility index (Phi) is 17.8. The Bertz CT molecular complexity index is 9420. The minimum atomic E-state index is -0.259. The van der Waals surface area contributed by atoms with Crippen molar-refractivity contribution < 1.29 is 0 Å². The van der Waals surface area contributed by atoms with E-state index in [9.17, 15) is 0 Å². The Balaban J connectivity index is 0.820. The van der Waals surface area contributed by atoms with Gasteiger partial charge in [-0.15, -0.1) is 0 Å². The fourth-order valence-electron chi connectivity index (χ4n) is 20.1. The summed E-state index contributed by atoms with van der Waals surface area (Å²) in [5, 5.41) is 9.46. The molecular weight excluding hydrogens is 1730 g/mol. The quantitative estimate of drug-likeness (QED) is 0.0821. The van der Waals surface area contributed by atoms with E-state index in [1.165, 1.54) is 0 Å². The van der Waals surface area contributed by atoms with Gasteiger partial charge < -0.3 is 29.9 Å². The molecule has 24 heteroatoms. The summed E-state index contributed by atoms with van der Waals surface area (Å²) in [5.74, 6) is 5.46. The number of fused-ring (bicyclic) bond motifs is 60. The van der Waals surface area contributed by atoms with E-state index < -0.39 is 0 Å². The Morgan fingerprint density at radius 2 is 0.250 bits per heavy atom. The van der Waals surface area contributed by atoms with Gasteiger partial charge >= 0.3 is 0 Å². The highest BCUT2D eigenvalue weighted by Gasteiger charge is 2.35. The SMILES string of the molecule is CC(C)(C)c1ccc2c(c1)-c1nc-2nc2[nH]c(nc3nc(nc4[nH]c(n1)c1ccc(C(C)(C)C)cc41)-c1ccc(C(C)(C)C)cc1-3)c1cc3c(cc21)-c1nc-3nc2[nH]c(nc3nc(nc4[nH]c(n1)c1cc5c6nc7nc(nc8[nH]c(nc9nc(nc([nH]6)c5cc41)-c1ccc(C(C)(C)C)cc1-9)c1ccc(C(C)(C)C)cc81)-c1ccc(C(C)(C)C)cc1-7)-c1ccc(C(C)(C)C)cc1-3)c1ccc(C(C)(C)C)cc21. The van der Waals surface area contributed by atoms with Gasteiger partial charge in [0.15, 0.2) is 69.9 Å². The van der Waals surface area contributed by atoms with Crippen LogP contribution in [-0.2, 0) is 43.3 Å². The molecule has 0 amide bonds. The van der Waals surface area contributed by atoms with E-state index in [4.69, 9.17) is 89.7 Å². The minimum absolute atomic E-state index is 0.182. The minimum Gasteiger partial charge on any atom is -0.324 e. The van der Waals surface area contributed by atoms with Crippen molar-refractivity contribution in [3.05, 3.63) is 214 Å². The first-order chi connectivity index (χ1) is 66.2. The summed E-state index contributed by atoms with van der Waals surface area (Å²) in [5.41, 5.74) is 23.0. The van der Waals surface area contributed by atoms with Crippen molar-refractivity contribution in [1.82, 2.24) is 120 Å². The Morgan fingerprint density at radius 1 is 0.121 bits per heavy atom. The summed E-state index contributed by atoms with van der Waals surface area (Å²) in [6.45, 7) is 53.4. The van der Waals surface area contributed by atoms with Crippen LogP contribution < -0.4 is 0 Å². The largest absolute Gasteiger partial charge is 0.324 e. The topological polar surface area (TPSA) is 327 Å². The van der Waals surface area contributed by atoms with Gasteiger partial charge in [0.2, 0.25) is 0 Å². The molecule has 0 saturated carbocycles. The van der Waals surface area contributed by atoms with Crippen molar-refractivity contribution >= 4 is 132 Å². The Morgan fingerprint density at radius 3 is 0.421 bits per heavy atom. The van der Waals surface area contributed by atoms with E-state index in [0.29, 0.717) is 181 Å². The lowest BCUT2D eigenvalue weighted by Gasteiger charge is -2.19. The van der Waals surface area contributed by atoms with Gasteiger partial charge in [0.1, 0.15) is 67.8 Å². The number of nitrogens with one attached hydrogen (secondary N) is 6. The van der Waals surface area contributed by atoms with E-state index in [0.717, 1.165) is 132 Å². The summed E-state index contributed by atoms with van der Waals surface area (Å²) in [6.07, 6.45) is 0. The van der Waals surface area contributed by atoms with E-state index in [1.807, 2.05) is 0 Å². The van der Waals surface area contributed by atoms with E-state index in [-0.39, 0.29) is 43.3 Å². The third-order valence-corrected chi connectivity index (χ3v) is 28.7. The van der Waals surface area contributed by atoms with E-state index in [1.54, 1.807) is 0 Å². The molecule has 0 saturated heterocycles. The zero-order valence-corrected chi connectivity index (χ0v) is 83.2. The van der Waals surface area contributed by atoms with Crippen LogP contribution in [0.25, 0.3) is 269 Å². The maximum atomic E-state index is 5.90. The van der Waals surface area contributed by atoms with Gasteiger partial charge in [-0.1, -0.05) is 263 Å². The number of H-pyrrole nitrogens is 6. The van der Waals surface area contributed by atoms with Crippen molar-refractivity contribution in [3.8, 4) is 137 Å². The first-order valence-corrected chi connectivity index (χ1v) is 48.3. The highest BCUT2D eigenvalue weighted by Crippen LogP contribution is 2.49. The monoisotopic (exact) mass is 1830 g/mol. The smallest absolute Gasteiger partial charge is 0.164 e. The number of hydrogen-bond acceptors (Lipinski definition) is 18. The van der Waals surface area contributed by atoms with Crippen LogP contribution in [0.1, 0.15) is 211 Å². The lowest BCUT2D eigenvalue weighted by atomic mass is 9.85. The molecule has 24 bridgehead atoms. The molecule has 140 heavy (non-hydrogen) atoms. The summed E-state index contributed by atoms with van der Waals surface area (Å²) in [6, 6.07) is 60.7. The molecule has 19 aromatic rings. The molecule has 25 rings (SSSR count). The average Bonchev–Trinajstić information content (AvgIpc) is 1.57. The van der Waals surface area contributed by atoms with Gasteiger partial charge in [0, 0.05) is 131 Å². The maximum Gasteiger partial charge on any atom is 0.164 e. The zero-order chi connectivity index (χ0) is 97.1. The third kappa shape index (κ3) is 13.9. The molecule has 0 radical (unpaired) electrons. The van der Waals surface area contributed by atoms with Gasteiger partial charge in [0.05, 0.1) is 0 Å². The summed E-state index contributed by atoms with van der Waals surface area (Å²) < 4.78 is 0. The first kappa shape index (κ1) is 85.9. The predicted octanol–water partition coefficient (Wildman–Crippen LogP) is 27.6. The van der Waals surface area contributed by atoms with Crippen LogP contribution >= 0.6 is 0 Å². The van der Waals surface area contributed by atoms with E-state index in [2.05, 4.69) is 366 Å². The molecule has 10 aromatic carbocycles. The van der Waals surface area contributed by atoms with Crippen molar-refractivity contribution in [2.45, 2.75) is 209 Å². The van der Waals surface area contributed by atoms with Crippen LogP contribution in [0.15, 0.2) is 170 Å². The molecule has 15 heterocycles. The lowest BCUT2D eigenvalue weighted by molar-refractivity contribution is 0.590. The number of aromatic amines is 6. The fourth-order valence-corrected chi connectivity index (χ4v) is 20.1. The number of hydrogen-bond donors (Lipinski definition) is 6. The molecule has 6 N–H and O–H groups in total.